The molecule has 0 unspecified atom stereocenters. The Kier molecular flexibility index (Phi) is 5.23. The van der Waals surface area contributed by atoms with E-state index in [2.05, 4.69) is 12.1 Å². The van der Waals surface area contributed by atoms with Crippen LogP contribution in [0, 0.1) is 10.1 Å². The summed E-state index contributed by atoms with van der Waals surface area (Å²) in [6, 6.07) is 16.6. The second-order valence-electron chi connectivity index (χ2n) is 4.90. The molecule has 4 heteroatoms. The lowest BCUT2D eigenvalue weighted by atomic mass is 10.0. The second-order valence-corrected chi connectivity index (χ2v) is 4.90. The van der Waals surface area contributed by atoms with Crippen LogP contribution in [0.3, 0.4) is 0 Å². The van der Waals surface area contributed by atoms with Gasteiger partial charge >= 0.3 is 0 Å². The van der Waals surface area contributed by atoms with Gasteiger partial charge in [0.05, 0.1) is 4.92 Å². The van der Waals surface area contributed by atoms with Gasteiger partial charge in [-0.3, -0.25) is 10.1 Å². The summed E-state index contributed by atoms with van der Waals surface area (Å²) in [4.78, 5) is 10.2. The third-order valence-corrected chi connectivity index (χ3v) is 3.25. The molecule has 0 spiro atoms. The number of nitrogens with zero attached hydrogens (tertiary/aromatic N) is 1. The van der Waals surface area contributed by atoms with Crippen LogP contribution in [0.5, 0.6) is 0 Å². The Morgan fingerprint density at radius 2 is 1.76 bits per heavy atom. The number of hydrogen-bond acceptors (Lipinski definition) is 3. The van der Waals surface area contributed by atoms with Crippen molar-refractivity contribution in [1.82, 2.24) is 0 Å². The van der Waals surface area contributed by atoms with Gasteiger partial charge in [0, 0.05) is 18.2 Å². The summed E-state index contributed by atoms with van der Waals surface area (Å²) in [7, 11) is 0. The molecule has 0 bridgehead atoms. The van der Waals surface area contributed by atoms with Crippen LogP contribution in [-0.2, 0) is 6.42 Å². The van der Waals surface area contributed by atoms with E-state index in [1.165, 1.54) is 17.7 Å². The first kappa shape index (κ1) is 14.9. The number of non-ortho nitro benzene ring substituents is 1. The van der Waals surface area contributed by atoms with Gasteiger partial charge in [0.1, 0.15) is 0 Å². The minimum absolute atomic E-state index is 0.0274. The zero-order valence-corrected chi connectivity index (χ0v) is 11.7. The number of nitrogens with two attached hydrogens (primary N) is 1. The van der Waals surface area contributed by atoms with Crippen LogP contribution in [0.4, 0.5) is 5.69 Å². The van der Waals surface area contributed by atoms with E-state index in [-0.39, 0.29) is 11.7 Å². The maximum Gasteiger partial charge on any atom is 0.269 e. The molecule has 21 heavy (non-hydrogen) atoms. The Balaban J connectivity index is 1.86. The van der Waals surface area contributed by atoms with Crippen molar-refractivity contribution in [3.63, 3.8) is 0 Å². The first-order valence-corrected chi connectivity index (χ1v) is 6.87. The van der Waals surface area contributed by atoms with Crippen molar-refractivity contribution < 1.29 is 4.92 Å². The minimum Gasteiger partial charge on any atom is -0.324 e. The molecule has 0 saturated carbocycles. The van der Waals surface area contributed by atoms with E-state index in [0.717, 1.165) is 18.4 Å². The van der Waals surface area contributed by atoms with Gasteiger partial charge in [0.15, 0.2) is 0 Å². The minimum atomic E-state index is -0.404. The van der Waals surface area contributed by atoms with E-state index < -0.39 is 4.92 Å². The molecule has 0 aliphatic heterocycles. The van der Waals surface area contributed by atoms with Crippen molar-refractivity contribution in [3.8, 4) is 0 Å². The molecule has 0 fully saturated rings. The van der Waals surface area contributed by atoms with Crippen LogP contribution < -0.4 is 5.73 Å². The molecule has 2 aromatic rings. The summed E-state index contributed by atoms with van der Waals surface area (Å²) in [5.41, 5.74) is 8.34. The molecule has 2 aromatic carbocycles. The Bertz CT molecular complexity index is 606. The number of hydrogen-bond donors (Lipinski definition) is 1. The lowest BCUT2D eigenvalue weighted by Crippen LogP contribution is -2.17. The van der Waals surface area contributed by atoms with Gasteiger partial charge in [-0.1, -0.05) is 42.5 Å². The predicted molar refractivity (Wildman–Crippen MR) is 84.9 cm³/mol. The molecule has 0 aromatic heterocycles. The predicted octanol–water partition coefficient (Wildman–Crippen LogP) is 3.57. The smallest absolute Gasteiger partial charge is 0.269 e. The first-order valence-electron chi connectivity index (χ1n) is 6.87. The van der Waals surface area contributed by atoms with Crippen molar-refractivity contribution in [2.24, 2.45) is 5.73 Å². The fourth-order valence-electron chi connectivity index (χ4n) is 2.02. The molecular weight excluding hydrogens is 264 g/mol. The Labute approximate surface area is 124 Å². The molecule has 0 heterocycles. The van der Waals surface area contributed by atoms with Gasteiger partial charge in [-0.05, 0) is 36.1 Å². The van der Waals surface area contributed by atoms with Gasteiger partial charge in [-0.2, -0.15) is 0 Å². The van der Waals surface area contributed by atoms with E-state index in [9.17, 15) is 10.1 Å². The number of rotatable bonds is 6. The molecular formula is C17H18N2O2. The van der Waals surface area contributed by atoms with Gasteiger partial charge in [0.2, 0.25) is 0 Å². The molecule has 1 atom stereocenters. The quantitative estimate of drug-likeness (QED) is 0.650. The van der Waals surface area contributed by atoms with Crippen LogP contribution in [0.1, 0.15) is 17.5 Å². The van der Waals surface area contributed by atoms with Crippen LogP contribution in [0.15, 0.2) is 60.7 Å². The van der Waals surface area contributed by atoms with Gasteiger partial charge in [-0.15, -0.1) is 0 Å². The molecule has 0 radical (unpaired) electrons. The maximum absolute atomic E-state index is 10.6. The topological polar surface area (TPSA) is 69.2 Å². The highest BCUT2D eigenvalue weighted by Crippen LogP contribution is 2.13. The third-order valence-electron chi connectivity index (χ3n) is 3.25. The number of aryl methyl sites for hydroxylation is 1. The number of nitro groups is 1. The average Bonchev–Trinajstić information content (AvgIpc) is 2.52. The highest BCUT2D eigenvalue weighted by Gasteiger charge is 2.03. The van der Waals surface area contributed by atoms with Crippen LogP contribution in [-0.4, -0.2) is 11.0 Å². The van der Waals surface area contributed by atoms with Gasteiger partial charge in [-0.25, -0.2) is 0 Å². The van der Waals surface area contributed by atoms with Crippen LogP contribution in [0.2, 0.25) is 0 Å². The van der Waals surface area contributed by atoms with Crippen LogP contribution >= 0.6 is 0 Å². The van der Waals surface area contributed by atoms with Crippen molar-refractivity contribution in [2.45, 2.75) is 18.9 Å². The summed E-state index contributed by atoms with van der Waals surface area (Å²) < 4.78 is 0. The first-order chi connectivity index (χ1) is 10.1. The molecule has 0 amide bonds. The van der Waals surface area contributed by atoms with E-state index in [1.807, 2.05) is 30.4 Å². The second kappa shape index (κ2) is 7.36. The van der Waals surface area contributed by atoms with Gasteiger partial charge < -0.3 is 5.73 Å². The Morgan fingerprint density at radius 3 is 2.38 bits per heavy atom. The van der Waals surface area contributed by atoms with Crippen molar-refractivity contribution in [3.05, 3.63) is 81.9 Å². The van der Waals surface area contributed by atoms with E-state index in [0.29, 0.717) is 0 Å². The van der Waals surface area contributed by atoms with E-state index >= 15 is 0 Å². The molecule has 108 valence electrons. The lowest BCUT2D eigenvalue weighted by molar-refractivity contribution is -0.384. The van der Waals surface area contributed by atoms with Crippen molar-refractivity contribution >= 4 is 11.8 Å². The highest BCUT2D eigenvalue weighted by molar-refractivity contribution is 5.52. The zero-order chi connectivity index (χ0) is 15.1. The third kappa shape index (κ3) is 4.85. The average molecular weight is 282 g/mol. The number of benzene rings is 2. The number of nitro benzene ring substituents is 1. The molecule has 2 N–H and O–H groups in total. The van der Waals surface area contributed by atoms with Gasteiger partial charge in [0.25, 0.3) is 5.69 Å². The molecule has 4 nitrogen and oxygen atoms in total. The Morgan fingerprint density at radius 1 is 1.10 bits per heavy atom. The molecule has 0 aliphatic rings. The molecule has 0 aliphatic carbocycles. The van der Waals surface area contributed by atoms with E-state index in [4.69, 9.17) is 5.73 Å². The lowest BCUT2D eigenvalue weighted by Gasteiger charge is -2.06. The molecule has 0 saturated heterocycles. The largest absolute Gasteiger partial charge is 0.324 e. The van der Waals surface area contributed by atoms with E-state index in [1.54, 1.807) is 12.1 Å². The summed E-state index contributed by atoms with van der Waals surface area (Å²) in [6.07, 6.45) is 5.64. The Hall–Kier alpha value is -2.46. The fourth-order valence-corrected chi connectivity index (χ4v) is 2.02. The monoisotopic (exact) mass is 282 g/mol. The fraction of sp³-hybridized carbons (Fsp3) is 0.176. The zero-order valence-electron chi connectivity index (χ0n) is 11.7. The summed E-state index contributed by atoms with van der Waals surface area (Å²) in [5, 5.41) is 10.6. The SMILES string of the molecule is N[C@H](C=Cc1ccc([N+](=O)[O-])cc1)CCc1ccccc1. The summed E-state index contributed by atoms with van der Waals surface area (Å²) in [6.45, 7) is 0. The maximum atomic E-state index is 10.6. The highest BCUT2D eigenvalue weighted by atomic mass is 16.6. The summed E-state index contributed by atoms with van der Waals surface area (Å²) >= 11 is 0. The van der Waals surface area contributed by atoms with Crippen LogP contribution in [0.25, 0.3) is 6.08 Å². The standard InChI is InChI=1S/C17H18N2O2/c18-16(10-6-14-4-2-1-3-5-14)11-7-15-8-12-17(13-9-15)19(20)21/h1-5,7-9,11-13,16H,6,10,18H2/t16-/m0/s1. The van der Waals surface area contributed by atoms with Crippen molar-refractivity contribution in [1.29, 1.82) is 0 Å². The molecule has 2 rings (SSSR count). The normalized spacial score (nSPS) is 12.4. The summed E-state index contributed by atoms with van der Waals surface area (Å²) in [5.74, 6) is 0. The van der Waals surface area contributed by atoms with Crippen molar-refractivity contribution in [2.75, 3.05) is 0 Å².